The summed E-state index contributed by atoms with van der Waals surface area (Å²) in [5.74, 6) is -0.380. The maximum absolute atomic E-state index is 10.8. The molecule has 0 amide bonds. The van der Waals surface area contributed by atoms with Gasteiger partial charge in [0.05, 0.1) is 24.3 Å². The van der Waals surface area contributed by atoms with E-state index in [-0.39, 0.29) is 5.41 Å². The van der Waals surface area contributed by atoms with Gasteiger partial charge in [-0.05, 0) is 33.6 Å². The van der Waals surface area contributed by atoms with Crippen molar-refractivity contribution in [3.8, 4) is 5.75 Å². The second-order valence-electron chi connectivity index (χ2n) is 5.10. The molecule has 1 saturated heterocycles. The first-order chi connectivity index (χ1) is 8.91. The SMILES string of the molecule is CC1(COc2ccc(C(N)C(=O)O)cc2Br)COC1. The molecular weight excluding hydrogens is 314 g/mol. The quantitative estimate of drug-likeness (QED) is 0.862. The fourth-order valence-electron chi connectivity index (χ4n) is 1.76. The Morgan fingerprint density at radius 3 is 2.79 bits per heavy atom. The number of halogens is 1. The van der Waals surface area contributed by atoms with Crippen molar-refractivity contribution in [2.75, 3.05) is 19.8 Å². The Balaban J connectivity index is 2.04. The second kappa shape index (κ2) is 5.48. The van der Waals surface area contributed by atoms with E-state index in [1.54, 1.807) is 18.2 Å². The lowest BCUT2D eigenvalue weighted by Crippen LogP contribution is -2.44. The molecule has 1 fully saturated rings. The smallest absolute Gasteiger partial charge is 0.325 e. The molecule has 0 spiro atoms. The van der Waals surface area contributed by atoms with Crippen LogP contribution in [0.3, 0.4) is 0 Å². The molecular formula is C13H16BrNO4. The molecule has 19 heavy (non-hydrogen) atoms. The van der Waals surface area contributed by atoms with Crippen LogP contribution in [0, 0.1) is 5.41 Å². The Morgan fingerprint density at radius 2 is 2.32 bits per heavy atom. The van der Waals surface area contributed by atoms with E-state index >= 15 is 0 Å². The van der Waals surface area contributed by atoms with Crippen molar-refractivity contribution in [2.45, 2.75) is 13.0 Å². The molecule has 104 valence electrons. The Bertz CT molecular complexity index is 488. The first-order valence-electron chi connectivity index (χ1n) is 5.90. The van der Waals surface area contributed by atoms with Gasteiger partial charge in [0, 0.05) is 5.41 Å². The van der Waals surface area contributed by atoms with Gasteiger partial charge in [-0.25, -0.2) is 0 Å². The van der Waals surface area contributed by atoms with Gasteiger partial charge < -0.3 is 20.3 Å². The molecule has 0 bridgehead atoms. The Morgan fingerprint density at radius 1 is 1.63 bits per heavy atom. The molecule has 6 heteroatoms. The van der Waals surface area contributed by atoms with Gasteiger partial charge in [0.2, 0.25) is 0 Å². The summed E-state index contributed by atoms with van der Waals surface area (Å²) >= 11 is 3.37. The number of hydrogen-bond donors (Lipinski definition) is 2. The van der Waals surface area contributed by atoms with E-state index in [0.717, 1.165) is 0 Å². The van der Waals surface area contributed by atoms with Crippen LogP contribution < -0.4 is 10.5 Å². The maximum atomic E-state index is 10.8. The number of carbonyl (C=O) groups is 1. The highest BCUT2D eigenvalue weighted by molar-refractivity contribution is 9.10. The summed E-state index contributed by atoms with van der Waals surface area (Å²) < 4.78 is 11.6. The molecule has 0 saturated carbocycles. The van der Waals surface area contributed by atoms with E-state index in [9.17, 15) is 4.79 Å². The van der Waals surface area contributed by atoms with E-state index in [4.69, 9.17) is 20.3 Å². The van der Waals surface area contributed by atoms with Gasteiger partial charge in [-0.1, -0.05) is 13.0 Å². The largest absolute Gasteiger partial charge is 0.492 e. The van der Waals surface area contributed by atoms with Crippen molar-refractivity contribution >= 4 is 21.9 Å². The number of hydrogen-bond acceptors (Lipinski definition) is 4. The molecule has 1 unspecified atom stereocenters. The summed E-state index contributed by atoms with van der Waals surface area (Å²) in [5.41, 5.74) is 6.15. The third kappa shape index (κ3) is 3.26. The minimum Gasteiger partial charge on any atom is -0.492 e. The van der Waals surface area contributed by atoms with Crippen LogP contribution in [-0.2, 0) is 9.53 Å². The Labute approximate surface area is 119 Å². The van der Waals surface area contributed by atoms with Gasteiger partial charge in [-0.2, -0.15) is 0 Å². The highest BCUT2D eigenvalue weighted by Gasteiger charge is 2.34. The number of benzene rings is 1. The van der Waals surface area contributed by atoms with Gasteiger partial charge >= 0.3 is 5.97 Å². The number of ether oxygens (including phenoxy) is 2. The average molecular weight is 330 g/mol. The highest BCUT2D eigenvalue weighted by Crippen LogP contribution is 2.32. The molecule has 1 atom stereocenters. The molecule has 1 aliphatic rings. The van der Waals surface area contributed by atoms with Crippen LogP contribution in [0.4, 0.5) is 0 Å². The maximum Gasteiger partial charge on any atom is 0.325 e. The van der Waals surface area contributed by atoms with Crippen LogP contribution in [0.25, 0.3) is 0 Å². The highest BCUT2D eigenvalue weighted by atomic mass is 79.9. The van der Waals surface area contributed by atoms with Crippen molar-refractivity contribution < 1.29 is 19.4 Å². The summed E-state index contributed by atoms with van der Waals surface area (Å²) in [5, 5.41) is 8.86. The van der Waals surface area contributed by atoms with Crippen LogP contribution in [0.1, 0.15) is 18.5 Å². The zero-order valence-electron chi connectivity index (χ0n) is 10.6. The second-order valence-corrected chi connectivity index (χ2v) is 5.95. The van der Waals surface area contributed by atoms with Gasteiger partial charge in [0.1, 0.15) is 11.8 Å². The van der Waals surface area contributed by atoms with Crippen LogP contribution in [0.5, 0.6) is 5.75 Å². The number of nitrogens with two attached hydrogens (primary N) is 1. The van der Waals surface area contributed by atoms with E-state index in [1.165, 1.54) is 0 Å². The molecule has 0 aliphatic carbocycles. The van der Waals surface area contributed by atoms with Crippen LogP contribution in [0.15, 0.2) is 22.7 Å². The van der Waals surface area contributed by atoms with Gasteiger partial charge in [-0.3, -0.25) is 4.79 Å². The predicted molar refractivity (Wildman–Crippen MR) is 73.1 cm³/mol. The zero-order chi connectivity index (χ0) is 14.0. The average Bonchev–Trinajstić information content (AvgIpc) is 2.34. The first-order valence-corrected chi connectivity index (χ1v) is 6.69. The lowest BCUT2D eigenvalue weighted by Gasteiger charge is -2.37. The summed E-state index contributed by atoms with van der Waals surface area (Å²) in [6.07, 6.45) is 0. The minimum absolute atomic E-state index is 0.0651. The van der Waals surface area contributed by atoms with E-state index < -0.39 is 12.0 Å². The number of carboxylic acid groups (broad SMARTS) is 1. The molecule has 0 radical (unpaired) electrons. The monoisotopic (exact) mass is 329 g/mol. The van der Waals surface area contributed by atoms with E-state index in [1.807, 2.05) is 0 Å². The topological polar surface area (TPSA) is 81.8 Å². The Kier molecular flexibility index (Phi) is 4.13. The number of rotatable bonds is 5. The van der Waals surface area contributed by atoms with Crippen molar-refractivity contribution in [2.24, 2.45) is 11.1 Å². The summed E-state index contributed by atoms with van der Waals surface area (Å²) in [6.45, 7) is 4.06. The minimum atomic E-state index is -1.06. The molecule has 5 nitrogen and oxygen atoms in total. The fourth-order valence-corrected chi connectivity index (χ4v) is 2.27. The van der Waals surface area contributed by atoms with Gasteiger partial charge in [-0.15, -0.1) is 0 Å². The number of aliphatic carboxylic acids is 1. The third-order valence-electron chi connectivity index (χ3n) is 3.06. The van der Waals surface area contributed by atoms with E-state index in [0.29, 0.717) is 35.6 Å². The fraction of sp³-hybridized carbons (Fsp3) is 0.462. The first kappa shape index (κ1) is 14.3. The van der Waals surface area contributed by atoms with Crippen LogP contribution >= 0.6 is 15.9 Å². The lowest BCUT2D eigenvalue weighted by molar-refractivity contribution is -0.138. The Hall–Kier alpha value is -1.11. The van der Waals surface area contributed by atoms with Crippen molar-refractivity contribution in [1.82, 2.24) is 0 Å². The van der Waals surface area contributed by atoms with Crippen molar-refractivity contribution in [1.29, 1.82) is 0 Å². The number of carboxylic acids is 1. The van der Waals surface area contributed by atoms with Gasteiger partial charge in [0.15, 0.2) is 0 Å². The van der Waals surface area contributed by atoms with Crippen LogP contribution in [0.2, 0.25) is 0 Å². The molecule has 1 aromatic carbocycles. The molecule has 1 aliphatic heterocycles. The molecule has 3 N–H and O–H groups in total. The molecule has 1 aromatic rings. The third-order valence-corrected chi connectivity index (χ3v) is 3.68. The van der Waals surface area contributed by atoms with Crippen molar-refractivity contribution in [3.63, 3.8) is 0 Å². The standard InChI is InChI=1S/C13H16BrNO4/c1-13(5-18-6-13)7-19-10-3-2-8(4-9(10)14)11(15)12(16)17/h2-4,11H,5-7,15H2,1H3,(H,16,17). The molecule has 1 heterocycles. The van der Waals surface area contributed by atoms with Crippen LogP contribution in [-0.4, -0.2) is 30.9 Å². The summed E-state index contributed by atoms with van der Waals surface area (Å²) in [4.78, 5) is 10.8. The molecule has 2 rings (SSSR count). The van der Waals surface area contributed by atoms with E-state index in [2.05, 4.69) is 22.9 Å². The summed E-state index contributed by atoms with van der Waals surface area (Å²) in [7, 11) is 0. The predicted octanol–water partition coefficient (Wildman–Crippen LogP) is 1.95. The van der Waals surface area contributed by atoms with Gasteiger partial charge in [0.25, 0.3) is 0 Å². The molecule has 0 aromatic heterocycles. The normalized spacial score (nSPS) is 18.5. The lowest BCUT2D eigenvalue weighted by atomic mass is 9.90. The summed E-state index contributed by atoms with van der Waals surface area (Å²) in [6, 6.07) is 4.04. The van der Waals surface area contributed by atoms with Crippen molar-refractivity contribution in [3.05, 3.63) is 28.2 Å². The zero-order valence-corrected chi connectivity index (χ0v) is 12.1.